The highest BCUT2D eigenvalue weighted by Crippen LogP contribution is 2.15. The van der Waals surface area contributed by atoms with Gasteiger partial charge < -0.3 is 0 Å². The second-order valence-electron chi connectivity index (χ2n) is 2.14. The van der Waals surface area contributed by atoms with Gasteiger partial charge >= 0.3 is 0 Å². The topological polar surface area (TPSA) is 12.9 Å². The molecule has 1 rings (SSSR count). The average Bonchev–Trinajstić information content (AvgIpc) is 2.04. The van der Waals surface area contributed by atoms with E-state index in [9.17, 15) is 0 Å². The van der Waals surface area contributed by atoms with E-state index in [1.165, 1.54) is 0 Å². The lowest BCUT2D eigenvalue weighted by Crippen LogP contribution is -1.92. The monoisotopic (exact) mass is 232 g/mol. The van der Waals surface area contributed by atoms with E-state index in [0.29, 0.717) is 5.02 Å². The number of aromatic nitrogens is 1. The quantitative estimate of drug-likeness (QED) is 0.716. The van der Waals surface area contributed by atoms with E-state index < -0.39 is 0 Å². The minimum absolute atomic E-state index is 0.674. The van der Waals surface area contributed by atoms with Gasteiger partial charge in [0, 0.05) is 11.5 Å². The molecule has 11 heavy (non-hydrogen) atoms. The molecule has 0 aliphatic carbocycles. The molecule has 0 saturated heterocycles. The molecule has 1 aromatic heterocycles. The molecule has 0 bridgehead atoms. The fourth-order valence-corrected chi connectivity index (χ4v) is 1.53. The third kappa shape index (κ3) is 2.17. The Morgan fingerprint density at radius 1 is 1.64 bits per heavy atom. The SMILES string of the molecule is [CH2]Cc1cc(Cl)cnc1CBr. The van der Waals surface area contributed by atoms with Crippen LogP contribution in [0, 0.1) is 6.92 Å². The number of nitrogens with zero attached hydrogens (tertiary/aromatic N) is 1. The molecule has 0 fully saturated rings. The second kappa shape index (κ2) is 4.07. The van der Waals surface area contributed by atoms with Crippen LogP contribution >= 0.6 is 27.5 Å². The molecule has 59 valence electrons. The van der Waals surface area contributed by atoms with E-state index in [1.54, 1.807) is 6.20 Å². The molecule has 0 saturated carbocycles. The number of pyridine rings is 1. The fraction of sp³-hybridized carbons (Fsp3) is 0.250. The highest BCUT2D eigenvalue weighted by molar-refractivity contribution is 9.08. The summed E-state index contributed by atoms with van der Waals surface area (Å²) in [5.41, 5.74) is 2.12. The predicted molar refractivity (Wildman–Crippen MR) is 50.9 cm³/mol. The van der Waals surface area contributed by atoms with Gasteiger partial charge in [0.15, 0.2) is 0 Å². The maximum atomic E-state index is 5.75. The van der Waals surface area contributed by atoms with Gasteiger partial charge in [-0.05, 0) is 25.0 Å². The zero-order valence-electron chi connectivity index (χ0n) is 5.98. The van der Waals surface area contributed by atoms with Crippen LogP contribution < -0.4 is 0 Å². The Balaban J connectivity index is 3.06. The molecule has 3 heteroatoms. The van der Waals surface area contributed by atoms with Crippen LogP contribution in [0.15, 0.2) is 12.3 Å². The molecule has 0 aromatic carbocycles. The molecule has 0 unspecified atom stereocenters. The highest BCUT2D eigenvalue weighted by Gasteiger charge is 2.00. The van der Waals surface area contributed by atoms with Crippen molar-refractivity contribution in [3.63, 3.8) is 0 Å². The lowest BCUT2D eigenvalue weighted by atomic mass is 10.1. The Morgan fingerprint density at radius 3 is 2.91 bits per heavy atom. The summed E-state index contributed by atoms with van der Waals surface area (Å²) in [6.45, 7) is 3.79. The summed E-state index contributed by atoms with van der Waals surface area (Å²) >= 11 is 9.09. The molecular formula is C8H8BrClN. The van der Waals surface area contributed by atoms with Crippen LogP contribution in [0.25, 0.3) is 0 Å². The molecule has 0 amide bonds. The van der Waals surface area contributed by atoms with Crippen LogP contribution in [0.5, 0.6) is 0 Å². The van der Waals surface area contributed by atoms with E-state index in [1.807, 2.05) is 6.07 Å². The first kappa shape index (κ1) is 9.01. The van der Waals surface area contributed by atoms with Crippen molar-refractivity contribution in [2.75, 3.05) is 0 Å². The summed E-state index contributed by atoms with van der Waals surface area (Å²) in [4.78, 5) is 4.15. The Hall–Kier alpha value is -0.0800. The van der Waals surface area contributed by atoms with Crippen LogP contribution in [0.4, 0.5) is 0 Å². The van der Waals surface area contributed by atoms with Crippen molar-refractivity contribution < 1.29 is 0 Å². The van der Waals surface area contributed by atoms with Crippen molar-refractivity contribution >= 4 is 27.5 Å². The summed E-state index contributed by atoms with van der Waals surface area (Å²) in [5, 5.41) is 1.43. The van der Waals surface area contributed by atoms with Crippen molar-refractivity contribution in [2.45, 2.75) is 11.8 Å². The molecule has 1 nitrogen and oxygen atoms in total. The van der Waals surface area contributed by atoms with Gasteiger partial charge in [-0.2, -0.15) is 0 Å². The van der Waals surface area contributed by atoms with E-state index in [4.69, 9.17) is 11.6 Å². The van der Waals surface area contributed by atoms with Crippen LogP contribution in [0.3, 0.4) is 0 Å². The number of halogens is 2. The Bertz CT molecular complexity index is 250. The standard InChI is InChI=1S/C8H8BrClN/c1-2-6-3-7(10)5-11-8(6)4-9/h3,5H,1-2,4H2. The van der Waals surface area contributed by atoms with Crippen LogP contribution in [0.1, 0.15) is 11.3 Å². The smallest absolute Gasteiger partial charge is 0.0592 e. The van der Waals surface area contributed by atoms with Gasteiger partial charge in [-0.25, -0.2) is 0 Å². The van der Waals surface area contributed by atoms with Gasteiger partial charge in [0.05, 0.1) is 10.7 Å². The van der Waals surface area contributed by atoms with Crippen molar-refractivity contribution in [2.24, 2.45) is 0 Å². The van der Waals surface area contributed by atoms with Gasteiger partial charge in [0.1, 0.15) is 0 Å². The van der Waals surface area contributed by atoms with Gasteiger partial charge in [-0.3, -0.25) is 4.98 Å². The third-order valence-electron chi connectivity index (χ3n) is 1.42. The molecule has 0 spiro atoms. The predicted octanol–water partition coefficient (Wildman–Crippen LogP) is 3.01. The minimum atomic E-state index is 0.674. The van der Waals surface area contributed by atoms with Crippen LogP contribution in [-0.4, -0.2) is 4.98 Å². The van der Waals surface area contributed by atoms with Crippen molar-refractivity contribution in [3.05, 3.63) is 35.5 Å². The molecule has 0 atom stereocenters. The molecule has 0 aliphatic heterocycles. The number of alkyl halides is 1. The molecule has 0 aliphatic rings. The second-order valence-corrected chi connectivity index (χ2v) is 3.14. The van der Waals surface area contributed by atoms with E-state index in [2.05, 4.69) is 27.8 Å². The van der Waals surface area contributed by atoms with Gasteiger partial charge in [0.2, 0.25) is 0 Å². The summed E-state index contributed by atoms with van der Waals surface area (Å²) in [6.07, 6.45) is 2.38. The van der Waals surface area contributed by atoms with Gasteiger partial charge in [0.25, 0.3) is 0 Å². The van der Waals surface area contributed by atoms with Crippen molar-refractivity contribution in [1.29, 1.82) is 0 Å². The van der Waals surface area contributed by atoms with Gasteiger partial charge in [-0.15, -0.1) is 0 Å². The zero-order chi connectivity index (χ0) is 8.27. The normalized spacial score (nSPS) is 10.1. The number of hydrogen-bond donors (Lipinski definition) is 0. The Kier molecular flexibility index (Phi) is 3.34. The first-order valence-electron chi connectivity index (χ1n) is 3.26. The number of rotatable bonds is 2. The summed E-state index contributed by atoms with van der Waals surface area (Å²) in [7, 11) is 0. The summed E-state index contributed by atoms with van der Waals surface area (Å²) < 4.78 is 0. The summed E-state index contributed by atoms with van der Waals surface area (Å²) in [5.74, 6) is 0. The maximum Gasteiger partial charge on any atom is 0.0592 e. The highest BCUT2D eigenvalue weighted by atomic mass is 79.9. The first-order valence-corrected chi connectivity index (χ1v) is 4.76. The molecular weight excluding hydrogens is 225 g/mol. The van der Waals surface area contributed by atoms with Gasteiger partial charge in [-0.1, -0.05) is 27.5 Å². The molecule has 1 aromatic rings. The van der Waals surface area contributed by atoms with Crippen molar-refractivity contribution in [3.8, 4) is 0 Å². The van der Waals surface area contributed by atoms with Crippen molar-refractivity contribution in [1.82, 2.24) is 4.98 Å². The first-order chi connectivity index (χ1) is 5.27. The Morgan fingerprint density at radius 2 is 2.36 bits per heavy atom. The zero-order valence-corrected chi connectivity index (χ0v) is 8.32. The van der Waals surface area contributed by atoms with Crippen LogP contribution in [-0.2, 0) is 11.8 Å². The largest absolute Gasteiger partial charge is 0.259 e. The van der Waals surface area contributed by atoms with E-state index in [-0.39, 0.29) is 0 Å². The molecule has 1 heterocycles. The van der Waals surface area contributed by atoms with E-state index >= 15 is 0 Å². The molecule has 1 radical (unpaired) electrons. The average molecular weight is 234 g/mol. The lowest BCUT2D eigenvalue weighted by molar-refractivity contribution is 1.09. The maximum absolute atomic E-state index is 5.75. The summed E-state index contributed by atoms with van der Waals surface area (Å²) in [6, 6.07) is 1.90. The minimum Gasteiger partial charge on any atom is -0.259 e. The molecule has 0 N–H and O–H groups in total. The number of hydrogen-bond acceptors (Lipinski definition) is 1. The fourth-order valence-electron chi connectivity index (χ4n) is 0.846. The lowest BCUT2D eigenvalue weighted by Gasteiger charge is -2.02. The van der Waals surface area contributed by atoms with E-state index in [0.717, 1.165) is 23.0 Å². The Labute approximate surface area is 79.9 Å². The van der Waals surface area contributed by atoms with Crippen LogP contribution in [0.2, 0.25) is 5.02 Å². The third-order valence-corrected chi connectivity index (χ3v) is 2.16.